The molecule has 0 aliphatic carbocycles. The minimum atomic E-state index is -4.41. The summed E-state index contributed by atoms with van der Waals surface area (Å²) in [5.41, 5.74) is -0.597. The molecule has 0 atom stereocenters. The van der Waals surface area contributed by atoms with Crippen LogP contribution < -0.4 is 10.2 Å². The van der Waals surface area contributed by atoms with Gasteiger partial charge in [-0.05, 0) is 25.1 Å². The number of anilines is 1. The van der Waals surface area contributed by atoms with Crippen LogP contribution in [0.25, 0.3) is 0 Å². The Morgan fingerprint density at radius 2 is 2.00 bits per heavy atom. The first kappa shape index (κ1) is 15.6. The highest BCUT2D eigenvalue weighted by Crippen LogP contribution is 2.30. The molecule has 2 rings (SSSR count). The van der Waals surface area contributed by atoms with Gasteiger partial charge in [-0.2, -0.15) is 13.2 Å². The number of rotatable bonds is 2. The third-order valence-corrected chi connectivity index (χ3v) is 3.70. The van der Waals surface area contributed by atoms with E-state index in [2.05, 4.69) is 12.2 Å². The lowest BCUT2D eigenvalue weighted by atomic mass is 10.2. The van der Waals surface area contributed by atoms with Crippen molar-refractivity contribution in [3.05, 3.63) is 29.8 Å². The van der Waals surface area contributed by atoms with Crippen LogP contribution in [-0.2, 0) is 6.18 Å². The normalized spacial score (nSPS) is 16.9. The van der Waals surface area contributed by atoms with Gasteiger partial charge in [-0.3, -0.25) is 0 Å². The second kappa shape index (κ2) is 6.34. The van der Waals surface area contributed by atoms with Crippen molar-refractivity contribution < 1.29 is 22.9 Å². The van der Waals surface area contributed by atoms with E-state index >= 15 is 0 Å². The van der Waals surface area contributed by atoms with Crippen LogP contribution >= 0.6 is 0 Å². The van der Waals surface area contributed by atoms with Gasteiger partial charge >= 0.3 is 12.2 Å². The summed E-state index contributed by atoms with van der Waals surface area (Å²) in [6, 6.07) is 4.34. The average molecular weight is 302 g/mol. The molecule has 0 radical (unpaired) electrons. The van der Waals surface area contributed by atoms with Crippen molar-refractivity contribution >= 4 is 11.7 Å². The Labute approximate surface area is 121 Å². The molecule has 7 heteroatoms. The first-order valence-corrected chi connectivity index (χ1v) is 6.97. The smallest absolute Gasteiger partial charge is 0.332 e. The monoisotopic (exact) mass is 302 g/mol. The van der Waals surface area contributed by atoms with Gasteiger partial charge in [0.15, 0.2) is 0 Å². The minimum Gasteiger partial charge on any atom is -0.332 e. The molecule has 2 amide bonds. The summed E-state index contributed by atoms with van der Waals surface area (Å²) in [5.74, 6) is 0. The molecule has 1 aromatic rings. The highest BCUT2D eigenvalue weighted by Gasteiger charge is 2.30. The standard InChI is InChI=1S/C14H18F3N3O/c1-2-19-6-8-20(9-7-19)13(21)18-12-5-3-4-11(10-12)14(15,16)17/h3-5,10H,2,6-9H2,1H3,(H,18,21)/p+1. The SMILES string of the molecule is CC[NH+]1CCN(C(=O)Nc2cccc(C(F)(F)F)c2)CC1. The average Bonchev–Trinajstić information content (AvgIpc) is 2.47. The van der Waals surface area contributed by atoms with Gasteiger partial charge in [0, 0.05) is 5.69 Å². The van der Waals surface area contributed by atoms with E-state index in [1.807, 2.05) is 0 Å². The zero-order chi connectivity index (χ0) is 15.5. The molecule has 1 fully saturated rings. The van der Waals surface area contributed by atoms with Gasteiger partial charge in [0.1, 0.15) is 0 Å². The zero-order valence-corrected chi connectivity index (χ0v) is 11.8. The first-order chi connectivity index (χ1) is 9.90. The molecular weight excluding hydrogens is 283 g/mol. The van der Waals surface area contributed by atoms with Crippen LogP contribution in [0.1, 0.15) is 12.5 Å². The van der Waals surface area contributed by atoms with E-state index < -0.39 is 11.7 Å². The molecule has 1 saturated heterocycles. The Bertz CT molecular complexity index is 496. The van der Waals surface area contributed by atoms with Crippen molar-refractivity contribution in [1.29, 1.82) is 0 Å². The lowest BCUT2D eigenvalue weighted by Gasteiger charge is -2.31. The summed E-state index contributed by atoms with van der Waals surface area (Å²) in [4.78, 5) is 15.1. The summed E-state index contributed by atoms with van der Waals surface area (Å²) in [7, 11) is 0. The van der Waals surface area contributed by atoms with Gasteiger partial charge in [-0.25, -0.2) is 4.79 Å². The second-order valence-electron chi connectivity index (χ2n) is 5.10. The highest BCUT2D eigenvalue weighted by atomic mass is 19.4. The lowest BCUT2D eigenvalue weighted by molar-refractivity contribution is -0.902. The number of hydrogen-bond acceptors (Lipinski definition) is 1. The van der Waals surface area contributed by atoms with Crippen LogP contribution in [0.2, 0.25) is 0 Å². The van der Waals surface area contributed by atoms with Crippen LogP contribution in [-0.4, -0.2) is 43.7 Å². The van der Waals surface area contributed by atoms with Gasteiger partial charge in [0.05, 0.1) is 38.3 Å². The second-order valence-corrected chi connectivity index (χ2v) is 5.10. The zero-order valence-electron chi connectivity index (χ0n) is 11.8. The Morgan fingerprint density at radius 1 is 1.33 bits per heavy atom. The maximum Gasteiger partial charge on any atom is 0.416 e. The van der Waals surface area contributed by atoms with E-state index in [1.165, 1.54) is 17.0 Å². The summed E-state index contributed by atoms with van der Waals surface area (Å²) < 4.78 is 37.8. The van der Waals surface area contributed by atoms with E-state index in [9.17, 15) is 18.0 Å². The number of nitrogens with one attached hydrogen (secondary N) is 2. The molecule has 1 aromatic carbocycles. The molecular formula is C14H19F3N3O+. The van der Waals surface area contributed by atoms with E-state index in [0.717, 1.165) is 31.8 Å². The van der Waals surface area contributed by atoms with Crippen molar-refractivity contribution in [1.82, 2.24) is 4.90 Å². The summed E-state index contributed by atoms with van der Waals surface area (Å²) in [6.07, 6.45) is -4.41. The minimum absolute atomic E-state index is 0.167. The van der Waals surface area contributed by atoms with Crippen molar-refractivity contribution in [2.45, 2.75) is 13.1 Å². The number of nitrogens with zero attached hydrogens (tertiary/aromatic N) is 1. The number of hydrogen-bond donors (Lipinski definition) is 2. The van der Waals surface area contributed by atoms with Crippen LogP contribution in [0.15, 0.2) is 24.3 Å². The Kier molecular flexibility index (Phi) is 4.72. The first-order valence-electron chi connectivity index (χ1n) is 6.97. The highest BCUT2D eigenvalue weighted by molar-refractivity contribution is 5.89. The van der Waals surface area contributed by atoms with Crippen molar-refractivity contribution in [2.24, 2.45) is 0 Å². The summed E-state index contributed by atoms with van der Waals surface area (Å²) >= 11 is 0. The van der Waals surface area contributed by atoms with Crippen molar-refractivity contribution in [3.8, 4) is 0 Å². The predicted octanol–water partition coefficient (Wildman–Crippen LogP) is 1.46. The number of alkyl halides is 3. The number of urea groups is 1. The van der Waals surface area contributed by atoms with Gasteiger partial charge in [-0.1, -0.05) is 6.07 Å². The van der Waals surface area contributed by atoms with E-state index in [-0.39, 0.29) is 11.7 Å². The van der Waals surface area contributed by atoms with Crippen LogP contribution in [0.5, 0.6) is 0 Å². The number of amides is 2. The summed E-state index contributed by atoms with van der Waals surface area (Å²) in [5, 5.41) is 2.53. The Balaban J connectivity index is 1.97. The number of likely N-dealkylation sites (N-methyl/N-ethyl adjacent to an activating group) is 1. The number of halogens is 3. The van der Waals surface area contributed by atoms with Crippen LogP contribution in [0.4, 0.5) is 23.7 Å². The quantitative estimate of drug-likeness (QED) is 0.852. The maximum absolute atomic E-state index is 12.6. The Hall–Kier alpha value is -1.76. The number of piperazine rings is 1. The van der Waals surface area contributed by atoms with Crippen molar-refractivity contribution in [3.63, 3.8) is 0 Å². The van der Waals surface area contributed by atoms with E-state index in [0.29, 0.717) is 13.1 Å². The molecule has 1 aliphatic heterocycles. The topological polar surface area (TPSA) is 36.8 Å². The fraction of sp³-hybridized carbons (Fsp3) is 0.500. The fourth-order valence-electron chi connectivity index (χ4n) is 2.36. The predicted molar refractivity (Wildman–Crippen MR) is 73.3 cm³/mol. The molecule has 1 aliphatic rings. The molecule has 116 valence electrons. The third-order valence-electron chi connectivity index (χ3n) is 3.70. The summed E-state index contributed by atoms with van der Waals surface area (Å²) in [6.45, 7) is 6.08. The number of quaternary nitrogens is 1. The molecule has 0 spiro atoms. The molecule has 0 saturated carbocycles. The lowest BCUT2D eigenvalue weighted by Crippen LogP contribution is -3.14. The largest absolute Gasteiger partial charge is 0.416 e. The van der Waals surface area contributed by atoms with Crippen LogP contribution in [0.3, 0.4) is 0 Å². The number of benzene rings is 1. The maximum atomic E-state index is 12.6. The van der Waals surface area contributed by atoms with Gasteiger partial charge in [-0.15, -0.1) is 0 Å². The number of carbonyl (C=O) groups is 1. The molecule has 0 aromatic heterocycles. The van der Waals surface area contributed by atoms with Gasteiger partial charge < -0.3 is 15.1 Å². The third kappa shape index (κ3) is 4.10. The van der Waals surface area contributed by atoms with Gasteiger partial charge in [0.25, 0.3) is 0 Å². The molecule has 0 unspecified atom stereocenters. The number of carbonyl (C=O) groups excluding carboxylic acids is 1. The van der Waals surface area contributed by atoms with Gasteiger partial charge in [0.2, 0.25) is 0 Å². The molecule has 1 heterocycles. The molecule has 4 nitrogen and oxygen atoms in total. The van der Waals surface area contributed by atoms with Crippen LogP contribution in [0, 0.1) is 0 Å². The molecule has 2 N–H and O–H groups in total. The van der Waals surface area contributed by atoms with E-state index in [1.54, 1.807) is 4.90 Å². The molecule has 21 heavy (non-hydrogen) atoms. The van der Waals surface area contributed by atoms with E-state index in [4.69, 9.17) is 0 Å². The van der Waals surface area contributed by atoms with Crippen molar-refractivity contribution in [2.75, 3.05) is 38.0 Å². The fourth-order valence-corrected chi connectivity index (χ4v) is 2.36. The Morgan fingerprint density at radius 3 is 2.57 bits per heavy atom. The molecule has 0 bridgehead atoms.